The first-order chi connectivity index (χ1) is 12.8. The van der Waals surface area contributed by atoms with E-state index in [1.54, 1.807) is 0 Å². The fourth-order valence-electron chi connectivity index (χ4n) is 4.20. The summed E-state index contributed by atoms with van der Waals surface area (Å²) in [5.74, 6) is 1.12. The molecule has 0 saturated heterocycles. The maximum absolute atomic E-state index is 4.77. The lowest BCUT2D eigenvalue weighted by molar-refractivity contribution is 0.272. The minimum absolute atomic E-state index is 0.317. The third-order valence-corrected chi connectivity index (χ3v) is 6.07. The van der Waals surface area contributed by atoms with E-state index in [0.717, 1.165) is 27.8 Å². The Kier molecular flexibility index (Phi) is 6.53. The number of aromatic nitrogens is 2. The van der Waals surface area contributed by atoms with Gasteiger partial charge >= 0.3 is 0 Å². The predicted molar refractivity (Wildman–Crippen MR) is 115 cm³/mol. The summed E-state index contributed by atoms with van der Waals surface area (Å²) in [5.41, 5.74) is 4.04. The normalized spacial score (nSPS) is 16.1. The summed E-state index contributed by atoms with van der Waals surface area (Å²) in [5, 5.41) is 0. The van der Waals surface area contributed by atoms with Crippen molar-refractivity contribution in [3.8, 4) is 0 Å². The van der Waals surface area contributed by atoms with Crippen molar-refractivity contribution in [3.05, 3.63) is 64.4 Å². The lowest BCUT2D eigenvalue weighted by Crippen LogP contribution is -2.29. The van der Waals surface area contributed by atoms with Crippen LogP contribution >= 0.6 is 15.9 Å². The van der Waals surface area contributed by atoms with Crippen LogP contribution in [0, 0.1) is 0 Å². The van der Waals surface area contributed by atoms with Crippen molar-refractivity contribution in [2.24, 2.45) is 0 Å². The van der Waals surface area contributed by atoms with E-state index in [-0.39, 0.29) is 0 Å². The number of nitrogens with zero attached hydrogens (tertiary/aromatic N) is 1. The molecule has 0 unspecified atom stereocenters. The van der Waals surface area contributed by atoms with Crippen molar-refractivity contribution in [3.63, 3.8) is 0 Å². The van der Waals surface area contributed by atoms with Crippen LogP contribution in [-0.2, 0) is 11.8 Å². The highest BCUT2D eigenvalue weighted by Gasteiger charge is 2.33. The van der Waals surface area contributed by atoms with Crippen molar-refractivity contribution in [2.75, 3.05) is 0 Å². The van der Waals surface area contributed by atoms with Crippen LogP contribution in [0.1, 0.15) is 63.8 Å². The third-order valence-electron chi connectivity index (χ3n) is 5.55. The molecule has 1 aromatic heterocycles. The zero-order valence-corrected chi connectivity index (χ0v) is 17.5. The predicted octanol–water partition coefficient (Wildman–Crippen LogP) is 7.19. The van der Waals surface area contributed by atoms with Gasteiger partial charge in [0.05, 0.1) is 11.0 Å². The van der Waals surface area contributed by atoms with Gasteiger partial charge in [-0.25, -0.2) is 4.98 Å². The first kappa shape index (κ1) is 19.2. The number of halogens is 1. The minimum atomic E-state index is 0.317. The molecule has 1 fully saturated rings. The zero-order chi connectivity index (χ0) is 18.4. The Morgan fingerprint density at radius 2 is 1.65 bits per heavy atom. The molecule has 2 aromatic carbocycles. The lowest BCUT2D eigenvalue weighted by Gasteiger charge is -2.38. The van der Waals surface area contributed by atoms with Crippen molar-refractivity contribution < 1.29 is 0 Å². The van der Waals surface area contributed by atoms with E-state index in [1.165, 1.54) is 44.1 Å². The molecule has 1 aliphatic carbocycles. The topological polar surface area (TPSA) is 28.7 Å². The molecular weight excluding hydrogens is 384 g/mol. The van der Waals surface area contributed by atoms with Crippen LogP contribution in [-0.4, -0.2) is 9.97 Å². The van der Waals surface area contributed by atoms with Crippen LogP contribution in [0.3, 0.4) is 0 Å². The minimum Gasteiger partial charge on any atom is -0.342 e. The molecule has 1 saturated carbocycles. The highest BCUT2D eigenvalue weighted by atomic mass is 79.9. The standard InChI is InChI=1S/C21H23BrN2.C2H6/c22-17-10-8-16(9-11-17)21(13-4-1-5-14-21)15-12-20-23-18-6-2-3-7-19(18)24-20;1-2/h2-3,6-11H,1,4-5,12-15H2,(H,23,24);1-2H3. The largest absolute Gasteiger partial charge is 0.342 e. The first-order valence-corrected chi connectivity index (χ1v) is 10.7. The molecule has 0 aliphatic heterocycles. The lowest BCUT2D eigenvalue weighted by atomic mass is 9.67. The number of aromatic amines is 1. The van der Waals surface area contributed by atoms with E-state index in [2.05, 4.69) is 69.4 Å². The maximum Gasteiger partial charge on any atom is 0.107 e. The molecule has 3 heteroatoms. The van der Waals surface area contributed by atoms with E-state index in [4.69, 9.17) is 4.98 Å². The highest BCUT2D eigenvalue weighted by molar-refractivity contribution is 9.10. The summed E-state index contributed by atoms with van der Waals surface area (Å²) in [4.78, 5) is 8.27. The quantitative estimate of drug-likeness (QED) is 0.482. The van der Waals surface area contributed by atoms with Gasteiger partial charge in [-0.05, 0) is 54.5 Å². The number of aryl methyl sites for hydroxylation is 1. The number of para-hydroxylation sites is 2. The van der Waals surface area contributed by atoms with Gasteiger partial charge in [-0.1, -0.05) is 73.3 Å². The van der Waals surface area contributed by atoms with Gasteiger partial charge < -0.3 is 4.98 Å². The molecule has 0 spiro atoms. The second kappa shape index (κ2) is 8.85. The van der Waals surface area contributed by atoms with Gasteiger partial charge in [0.1, 0.15) is 5.82 Å². The van der Waals surface area contributed by atoms with Crippen LogP contribution in [0.15, 0.2) is 53.0 Å². The smallest absolute Gasteiger partial charge is 0.107 e. The van der Waals surface area contributed by atoms with Crippen LogP contribution in [0.2, 0.25) is 0 Å². The molecule has 26 heavy (non-hydrogen) atoms. The molecule has 2 nitrogen and oxygen atoms in total. The van der Waals surface area contributed by atoms with E-state index < -0.39 is 0 Å². The Balaban J connectivity index is 0.000000948. The number of benzene rings is 2. The molecule has 1 heterocycles. The summed E-state index contributed by atoms with van der Waals surface area (Å²) < 4.78 is 1.16. The molecule has 0 bridgehead atoms. The van der Waals surface area contributed by atoms with Crippen molar-refractivity contribution in [1.82, 2.24) is 9.97 Å². The van der Waals surface area contributed by atoms with Gasteiger partial charge in [0, 0.05) is 10.9 Å². The molecule has 138 valence electrons. The second-order valence-electron chi connectivity index (χ2n) is 7.05. The SMILES string of the molecule is Brc1ccc(C2(CCc3nc4ccccc4[nH]3)CCCCC2)cc1.CC. The first-order valence-electron chi connectivity index (χ1n) is 9.95. The molecule has 1 aliphatic rings. The van der Waals surface area contributed by atoms with Crippen LogP contribution in [0.5, 0.6) is 0 Å². The fourth-order valence-corrected chi connectivity index (χ4v) is 4.46. The van der Waals surface area contributed by atoms with Crippen molar-refractivity contribution in [2.45, 2.75) is 64.2 Å². The van der Waals surface area contributed by atoms with Crippen LogP contribution < -0.4 is 0 Å². The van der Waals surface area contributed by atoms with Gasteiger partial charge in [-0.15, -0.1) is 0 Å². The molecule has 1 N–H and O–H groups in total. The van der Waals surface area contributed by atoms with Gasteiger partial charge in [0.2, 0.25) is 0 Å². The summed E-state index contributed by atoms with van der Waals surface area (Å²) in [6, 6.07) is 17.3. The van der Waals surface area contributed by atoms with Crippen molar-refractivity contribution in [1.29, 1.82) is 0 Å². The summed E-state index contributed by atoms with van der Waals surface area (Å²) in [6.45, 7) is 4.00. The molecule has 4 rings (SSSR count). The molecule has 3 aromatic rings. The summed E-state index contributed by atoms with van der Waals surface area (Å²) in [6.07, 6.45) is 8.86. The van der Waals surface area contributed by atoms with E-state index in [1.807, 2.05) is 13.8 Å². The third kappa shape index (κ3) is 4.20. The summed E-state index contributed by atoms with van der Waals surface area (Å²) >= 11 is 3.57. The number of hydrogen-bond acceptors (Lipinski definition) is 1. The summed E-state index contributed by atoms with van der Waals surface area (Å²) in [7, 11) is 0. The number of imidazole rings is 1. The Morgan fingerprint density at radius 1 is 0.962 bits per heavy atom. The Labute approximate surface area is 165 Å². The van der Waals surface area contributed by atoms with Gasteiger partial charge in [0.15, 0.2) is 0 Å². The van der Waals surface area contributed by atoms with E-state index >= 15 is 0 Å². The number of nitrogens with one attached hydrogen (secondary N) is 1. The molecule has 0 amide bonds. The number of hydrogen-bond donors (Lipinski definition) is 1. The Morgan fingerprint density at radius 3 is 2.35 bits per heavy atom. The van der Waals surface area contributed by atoms with E-state index in [9.17, 15) is 0 Å². The van der Waals surface area contributed by atoms with E-state index in [0.29, 0.717) is 5.41 Å². The zero-order valence-electron chi connectivity index (χ0n) is 15.9. The number of rotatable bonds is 4. The number of fused-ring (bicyclic) bond motifs is 1. The second-order valence-corrected chi connectivity index (χ2v) is 7.96. The highest BCUT2D eigenvalue weighted by Crippen LogP contribution is 2.43. The monoisotopic (exact) mass is 412 g/mol. The fraction of sp³-hybridized carbons (Fsp3) is 0.435. The van der Waals surface area contributed by atoms with Gasteiger partial charge in [-0.2, -0.15) is 0 Å². The molecule has 0 atom stereocenters. The van der Waals surface area contributed by atoms with Crippen LogP contribution in [0.4, 0.5) is 0 Å². The average molecular weight is 413 g/mol. The molecular formula is C23H29BrN2. The molecule has 0 radical (unpaired) electrons. The Bertz CT molecular complexity index is 781. The van der Waals surface area contributed by atoms with Gasteiger partial charge in [0.25, 0.3) is 0 Å². The number of H-pyrrole nitrogens is 1. The van der Waals surface area contributed by atoms with Crippen LogP contribution in [0.25, 0.3) is 11.0 Å². The Hall–Kier alpha value is -1.61. The maximum atomic E-state index is 4.77. The average Bonchev–Trinajstić information content (AvgIpc) is 3.12. The van der Waals surface area contributed by atoms with Gasteiger partial charge in [-0.3, -0.25) is 0 Å². The van der Waals surface area contributed by atoms with Crippen molar-refractivity contribution >= 4 is 27.0 Å².